The lowest BCUT2D eigenvalue weighted by molar-refractivity contribution is -0.149. The molecule has 16 nitrogen and oxygen atoms in total. The normalized spacial score (nSPS) is 17.9. The van der Waals surface area contributed by atoms with Gasteiger partial charge in [-0.15, -0.1) is 0 Å². The number of likely N-dealkylation sites (tertiary alicyclic amines) is 2. The summed E-state index contributed by atoms with van der Waals surface area (Å²) in [4.78, 5) is 88.8. The van der Waals surface area contributed by atoms with Crippen LogP contribution in [0.25, 0.3) is 17.0 Å². The second-order valence-electron chi connectivity index (χ2n) is 21.1. The minimum absolute atomic E-state index is 0.0141. The number of piperidine rings is 2. The summed E-state index contributed by atoms with van der Waals surface area (Å²) < 4.78 is 17.9. The average molecular weight is 1010 g/mol. The number of ketones is 1. The first-order chi connectivity index (χ1) is 35.8. The Balaban J connectivity index is 0.820. The second-order valence-corrected chi connectivity index (χ2v) is 21.1. The molecular formula is C58H75N7O9. The molecule has 0 saturated carbocycles. The number of carbonyl (C=O) groups excluding carboxylic acids is 6. The maximum Gasteiger partial charge on any atom is 0.408 e. The summed E-state index contributed by atoms with van der Waals surface area (Å²) in [5.41, 5.74) is 6.49. The molecule has 0 bridgehead atoms. The van der Waals surface area contributed by atoms with E-state index in [-0.39, 0.29) is 68.2 Å². The number of aromatic nitrogens is 2. The third-order valence-corrected chi connectivity index (χ3v) is 15.3. The van der Waals surface area contributed by atoms with Crippen LogP contribution in [0.2, 0.25) is 0 Å². The van der Waals surface area contributed by atoms with Gasteiger partial charge in [0, 0.05) is 76.2 Å². The smallest absolute Gasteiger partial charge is 0.408 e. The third kappa shape index (κ3) is 14.5. The first-order valence-electron chi connectivity index (χ1n) is 26.9. The van der Waals surface area contributed by atoms with E-state index in [0.29, 0.717) is 77.2 Å². The Morgan fingerprint density at radius 2 is 1.51 bits per heavy atom. The van der Waals surface area contributed by atoms with Gasteiger partial charge in [0.25, 0.3) is 0 Å². The zero-order valence-corrected chi connectivity index (χ0v) is 43.8. The van der Waals surface area contributed by atoms with Crippen molar-refractivity contribution in [3.8, 4) is 0 Å². The number of rotatable bonds is 20. The standard InChI is InChI=1S/C58H75N7O9/c1-40(2)54(59-58(71)73-38-42-13-7-5-8-14-42)57(70)72-30-12-6-9-17-53(68)74-39-65-37-48-33-43(31-41(3)55(48)60-65)32-47(56(69)64-28-26-62(27-29-64)49-20-22-61(4)23-21-49)36-52(67)63-24-18-44(19-25-63)50-34-45-15-10-11-16-46(45)35-51(50)66/h5,7-8,10-11,13-16,31,33-34,37,40,44,47,49,54H,6,9,12,17-30,32,35-36,38-39H2,1-4H3,(H,59,71)/t47-,54-/m0/s1. The van der Waals surface area contributed by atoms with Gasteiger partial charge in [-0.25, -0.2) is 14.3 Å². The molecule has 4 heterocycles. The minimum atomic E-state index is -0.857. The van der Waals surface area contributed by atoms with Gasteiger partial charge in [-0.2, -0.15) is 5.10 Å². The molecule has 396 valence electrons. The van der Waals surface area contributed by atoms with Gasteiger partial charge in [-0.3, -0.25) is 24.1 Å². The van der Waals surface area contributed by atoms with Crippen LogP contribution in [0.5, 0.6) is 0 Å². The van der Waals surface area contributed by atoms with Gasteiger partial charge in [0.15, 0.2) is 12.5 Å². The van der Waals surface area contributed by atoms with Crippen LogP contribution in [-0.2, 0) is 64.4 Å². The summed E-state index contributed by atoms with van der Waals surface area (Å²) in [7, 11) is 2.17. The number of nitrogens with one attached hydrogen (secondary N) is 1. The van der Waals surface area contributed by atoms with Gasteiger partial charge in [0.2, 0.25) is 11.8 Å². The van der Waals surface area contributed by atoms with E-state index in [1.807, 2.05) is 104 Å². The zero-order valence-electron chi connectivity index (χ0n) is 43.8. The number of carbonyl (C=O) groups is 6. The van der Waals surface area contributed by atoms with E-state index in [4.69, 9.17) is 19.3 Å². The highest BCUT2D eigenvalue weighted by Crippen LogP contribution is 2.33. The summed E-state index contributed by atoms with van der Waals surface area (Å²) in [6.07, 6.45) is 9.73. The van der Waals surface area contributed by atoms with Crippen molar-refractivity contribution >= 4 is 52.6 Å². The molecule has 16 heteroatoms. The molecule has 0 unspecified atom stereocenters. The fourth-order valence-electron chi connectivity index (χ4n) is 11.0. The Kier molecular flexibility index (Phi) is 18.7. The summed E-state index contributed by atoms with van der Waals surface area (Å²) in [5, 5.41) is 8.19. The quantitative estimate of drug-likeness (QED) is 0.0540. The summed E-state index contributed by atoms with van der Waals surface area (Å²) in [6.45, 7) is 12.0. The number of nitrogens with zero attached hydrogens (tertiary/aromatic N) is 6. The molecule has 3 aliphatic heterocycles. The van der Waals surface area contributed by atoms with Crippen LogP contribution in [-0.4, -0.2) is 143 Å². The molecule has 0 radical (unpaired) electrons. The van der Waals surface area contributed by atoms with E-state index >= 15 is 0 Å². The van der Waals surface area contributed by atoms with Crippen LogP contribution in [0.1, 0.15) is 99.5 Å². The van der Waals surface area contributed by atoms with E-state index < -0.39 is 24.0 Å². The molecule has 8 rings (SSSR count). The van der Waals surface area contributed by atoms with E-state index in [2.05, 4.69) is 28.2 Å². The number of amides is 3. The monoisotopic (exact) mass is 1010 g/mol. The van der Waals surface area contributed by atoms with Crippen molar-refractivity contribution < 1.29 is 43.0 Å². The number of esters is 2. The largest absolute Gasteiger partial charge is 0.464 e. The van der Waals surface area contributed by atoms with Crippen LogP contribution in [0.15, 0.2) is 78.5 Å². The van der Waals surface area contributed by atoms with Crippen LogP contribution in [0.3, 0.4) is 0 Å². The van der Waals surface area contributed by atoms with Gasteiger partial charge < -0.3 is 34.2 Å². The van der Waals surface area contributed by atoms with Gasteiger partial charge in [-0.1, -0.05) is 74.5 Å². The van der Waals surface area contributed by atoms with Gasteiger partial charge in [0.1, 0.15) is 12.6 Å². The number of hydrogen-bond acceptors (Lipinski definition) is 12. The van der Waals surface area contributed by atoms with Crippen LogP contribution < -0.4 is 5.32 Å². The van der Waals surface area contributed by atoms with Crippen molar-refractivity contribution in [2.24, 2.45) is 17.8 Å². The van der Waals surface area contributed by atoms with Gasteiger partial charge >= 0.3 is 18.0 Å². The first kappa shape index (κ1) is 53.9. The summed E-state index contributed by atoms with van der Waals surface area (Å²) in [6, 6.07) is 21.1. The molecule has 3 aromatic carbocycles. The molecule has 3 amide bonds. The average Bonchev–Trinajstić information content (AvgIpc) is 3.83. The molecule has 4 aromatic rings. The fraction of sp³-hybridized carbons (Fsp3) is 0.534. The van der Waals surface area contributed by atoms with Crippen LogP contribution in [0, 0.1) is 24.7 Å². The molecule has 1 aromatic heterocycles. The second kappa shape index (κ2) is 25.7. The summed E-state index contributed by atoms with van der Waals surface area (Å²) >= 11 is 0. The third-order valence-electron chi connectivity index (χ3n) is 15.3. The molecule has 1 aliphatic carbocycles. The molecule has 0 spiro atoms. The molecule has 4 aliphatic rings. The number of piperazine rings is 1. The number of allylic oxidation sites excluding steroid dienone is 1. The van der Waals surface area contributed by atoms with Crippen molar-refractivity contribution in [3.05, 3.63) is 106 Å². The van der Waals surface area contributed by atoms with E-state index in [0.717, 1.165) is 83.3 Å². The lowest BCUT2D eigenvalue weighted by atomic mass is 9.80. The topological polar surface area (TPSA) is 173 Å². The number of aryl methyl sites for hydroxylation is 1. The van der Waals surface area contributed by atoms with Crippen molar-refractivity contribution in [2.75, 3.05) is 66.0 Å². The number of unbranched alkanes of at least 4 members (excludes halogenated alkanes) is 2. The lowest BCUT2D eigenvalue weighted by Gasteiger charge is -2.43. The van der Waals surface area contributed by atoms with Crippen molar-refractivity contribution in [1.29, 1.82) is 0 Å². The number of ether oxygens (including phenoxy) is 3. The number of fused-ring (bicyclic) bond motifs is 2. The first-order valence-corrected chi connectivity index (χ1v) is 26.9. The minimum Gasteiger partial charge on any atom is -0.464 e. The predicted molar refractivity (Wildman–Crippen MR) is 281 cm³/mol. The highest BCUT2D eigenvalue weighted by Gasteiger charge is 2.35. The molecule has 2 atom stereocenters. The van der Waals surface area contributed by atoms with Crippen molar-refractivity contribution in [2.45, 2.75) is 117 Å². The lowest BCUT2D eigenvalue weighted by Crippen LogP contribution is -2.55. The Morgan fingerprint density at radius 3 is 2.26 bits per heavy atom. The number of benzene rings is 3. The van der Waals surface area contributed by atoms with Gasteiger partial charge in [0.05, 0.1) is 18.0 Å². The Morgan fingerprint density at radius 1 is 0.784 bits per heavy atom. The van der Waals surface area contributed by atoms with E-state index in [9.17, 15) is 28.8 Å². The maximum absolute atomic E-state index is 14.6. The SMILES string of the molecule is Cc1cc(C[C@@H](CC(=O)N2CCC(C3=Cc4ccccc4CC3=O)CC2)C(=O)N2CCN(C3CCN(C)CC3)CC2)cc2cn(COC(=O)CCCCCOC(=O)[C@@H](NC(=O)OCc3ccccc3)C(C)C)nc12. The molecule has 1 N–H and O–H groups in total. The Bertz CT molecular complexity index is 2620. The number of hydrogen-bond donors (Lipinski definition) is 1. The zero-order chi connectivity index (χ0) is 52.1. The number of Topliss-reactive ketones (excluding diaryl/α,β-unsaturated/α-hetero) is 1. The predicted octanol–water partition coefficient (Wildman–Crippen LogP) is 7.13. The Labute approximate surface area is 435 Å². The maximum atomic E-state index is 14.6. The van der Waals surface area contributed by atoms with Crippen molar-refractivity contribution in [1.82, 2.24) is 34.7 Å². The molecular weight excluding hydrogens is 939 g/mol. The molecule has 3 saturated heterocycles. The van der Waals surface area contributed by atoms with Crippen molar-refractivity contribution in [3.63, 3.8) is 0 Å². The Hall–Kier alpha value is -6.39. The van der Waals surface area contributed by atoms with E-state index in [1.165, 1.54) is 0 Å². The van der Waals surface area contributed by atoms with Crippen LogP contribution in [0.4, 0.5) is 4.79 Å². The molecule has 3 fully saturated rings. The van der Waals surface area contributed by atoms with E-state index in [1.54, 1.807) is 4.68 Å². The fourth-order valence-corrected chi connectivity index (χ4v) is 11.0. The van der Waals surface area contributed by atoms with Gasteiger partial charge in [-0.05, 0) is 136 Å². The highest BCUT2D eigenvalue weighted by molar-refractivity contribution is 6.04. The number of alkyl carbamates (subject to hydrolysis) is 1. The van der Waals surface area contributed by atoms with Crippen LogP contribution >= 0.6 is 0 Å². The summed E-state index contributed by atoms with van der Waals surface area (Å²) in [5.74, 6) is -1.41. The highest BCUT2D eigenvalue weighted by atomic mass is 16.6. The molecule has 74 heavy (non-hydrogen) atoms.